The van der Waals surface area contributed by atoms with Crippen molar-refractivity contribution in [3.8, 4) is 0 Å². The Kier molecular flexibility index (Phi) is 6.16. The average molecular weight is 403 g/mol. The molecule has 1 aliphatic heterocycles. The Morgan fingerprint density at radius 2 is 1.86 bits per heavy atom. The van der Waals surface area contributed by atoms with Crippen LogP contribution in [0.15, 0.2) is 54.6 Å². The molecule has 1 aliphatic rings. The molecule has 0 aromatic heterocycles. The first-order chi connectivity index (χ1) is 13.5. The van der Waals surface area contributed by atoms with Crippen LogP contribution in [-0.4, -0.2) is 47.3 Å². The fourth-order valence-electron chi connectivity index (χ4n) is 3.17. The second-order valence-electron chi connectivity index (χ2n) is 6.42. The molecule has 3 amide bonds. The number of amides is 3. The summed E-state index contributed by atoms with van der Waals surface area (Å²) in [7, 11) is 0. The molecule has 0 saturated carbocycles. The Balaban J connectivity index is 1.85. The van der Waals surface area contributed by atoms with E-state index in [0.717, 1.165) is 10.5 Å². The highest BCUT2D eigenvalue weighted by atomic mass is 35.5. The topological polar surface area (TPSA) is 95.9 Å². The maximum Gasteiger partial charge on any atom is 0.417 e. The number of cyclic esters (lactones) is 1. The molecule has 7 nitrogen and oxygen atoms in total. The van der Waals surface area contributed by atoms with Gasteiger partial charge in [-0.1, -0.05) is 54.1 Å². The maximum absolute atomic E-state index is 13.2. The maximum atomic E-state index is 13.2. The molecule has 146 valence electrons. The molecular formula is C20H19ClN2O5. The van der Waals surface area contributed by atoms with E-state index in [4.69, 9.17) is 21.4 Å². The van der Waals surface area contributed by atoms with Gasteiger partial charge in [-0.05, 0) is 29.7 Å². The summed E-state index contributed by atoms with van der Waals surface area (Å²) in [6, 6.07) is 15.5. The zero-order chi connectivity index (χ0) is 20.1. The molecule has 8 heteroatoms. The van der Waals surface area contributed by atoms with Crippen molar-refractivity contribution < 1.29 is 24.2 Å². The molecular weight excluding hydrogens is 384 g/mol. The molecule has 1 heterocycles. The quantitative estimate of drug-likeness (QED) is 0.773. The predicted molar refractivity (Wildman–Crippen MR) is 102 cm³/mol. The zero-order valence-corrected chi connectivity index (χ0v) is 15.6. The Bertz CT molecular complexity index is 857. The second kappa shape index (κ2) is 8.75. The highest BCUT2D eigenvalue weighted by Gasteiger charge is 2.41. The molecule has 2 aromatic carbocycles. The third kappa shape index (κ3) is 4.61. The summed E-state index contributed by atoms with van der Waals surface area (Å²) in [5, 5.41) is 11.7. The molecule has 2 aromatic rings. The van der Waals surface area contributed by atoms with Gasteiger partial charge in [-0.3, -0.25) is 4.79 Å². The van der Waals surface area contributed by atoms with Gasteiger partial charge in [-0.2, -0.15) is 0 Å². The number of hydrogen-bond donors (Lipinski definition) is 2. The molecule has 2 N–H and O–H groups in total. The van der Waals surface area contributed by atoms with Crippen LogP contribution in [-0.2, 0) is 16.0 Å². The Morgan fingerprint density at radius 1 is 1.18 bits per heavy atom. The number of nitrogens with one attached hydrogen (secondary N) is 1. The first kappa shape index (κ1) is 19.7. The van der Waals surface area contributed by atoms with E-state index >= 15 is 0 Å². The molecule has 0 spiro atoms. The van der Waals surface area contributed by atoms with E-state index in [1.54, 1.807) is 24.3 Å². The summed E-state index contributed by atoms with van der Waals surface area (Å²) in [6.07, 6.45) is -1.52. The first-order valence-corrected chi connectivity index (χ1v) is 9.09. The van der Waals surface area contributed by atoms with Crippen molar-refractivity contribution in [3.63, 3.8) is 0 Å². The second-order valence-corrected chi connectivity index (χ2v) is 6.86. The normalized spacial score (nSPS) is 17.1. The van der Waals surface area contributed by atoms with E-state index in [2.05, 4.69) is 5.32 Å². The van der Waals surface area contributed by atoms with Gasteiger partial charge >= 0.3 is 12.2 Å². The molecule has 28 heavy (non-hydrogen) atoms. The number of carboxylic acid groups (broad SMARTS) is 1. The summed E-state index contributed by atoms with van der Waals surface area (Å²) in [5.41, 5.74) is 1.52. The van der Waals surface area contributed by atoms with Crippen LogP contribution < -0.4 is 5.32 Å². The average Bonchev–Trinajstić information content (AvgIpc) is 3.04. The van der Waals surface area contributed by atoms with Gasteiger partial charge < -0.3 is 15.2 Å². The molecule has 0 unspecified atom stereocenters. The zero-order valence-electron chi connectivity index (χ0n) is 14.9. The third-order valence-electron chi connectivity index (χ3n) is 4.54. The largest absolute Gasteiger partial charge is 0.465 e. The highest BCUT2D eigenvalue weighted by molar-refractivity contribution is 6.30. The number of imide groups is 1. The van der Waals surface area contributed by atoms with Crippen molar-refractivity contribution in [1.82, 2.24) is 10.2 Å². The minimum absolute atomic E-state index is 0.0964. The van der Waals surface area contributed by atoms with Gasteiger partial charge in [-0.25, -0.2) is 14.5 Å². The number of nitrogens with zero attached hydrogens (tertiary/aromatic N) is 1. The van der Waals surface area contributed by atoms with E-state index in [-0.39, 0.29) is 13.2 Å². The van der Waals surface area contributed by atoms with Crippen molar-refractivity contribution >= 4 is 29.7 Å². The lowest BCUT2D eigenvalue weighted by atomic mass is 9.96. The smallest absolute Gasteiger partial charge is 0.417 e. The number of benzene rings is 2. The number of halogens is 1. The van der Waals surface area contributed by atoms with Crippen molar-refractivity contribution in [2.45, 2.75) is 18.4 Å². The monoisotopic (exact) mass is 402 g/mol. The molecule has 0 bridgehead atoms. The van der Waals surface area contributed by atoms with Gasteiger partial charge in [0.05, 0.1) is 12.0 Å². The predicted octanol–water partition coefficient (Wildman–Crippen LogP) is 3.28. The van der Waals surface area contributed by atoms with Crippen LogP contribution in [0, 0.1) is 0 Å². The van der Waals surface area contributed by atoms with Gasteiger partial charge in [0.25, 0.3) is 0 Å². The third-order valence-corrected chi connectivity index (χ3v) is 4.79. The summed E-state index contributed by atoms with van der Waals surface area (Å²) < 4.78 is 5.11. The van der Waals surface area contributed by atoms with Crippen LogP contribution in [0.1, 0.15) is 17.0 Å². The number of carbonyl (C=O) groups excluding carboxylic acids is 2. The van der Waals surface area contributed by atoms with Crippen LogP contribution in [0.3, 0.4) is 0 Å². The van der Waals surface area contributed by atoms with Crippen molar-refractivity contribution in [3.05, 3.63) is 70.7 Å². The van der Waals surface area contributed by atoms with E-state index in [0.29, 0.717) is 17.0 Å². The van der Waals surface area contributed by atoms with Crippen LogP contribution in [0.5, 0.6) is 0 Å². The number of ether oxygens (including phenoxy) is 1. The minimum Gasteiger partial charge on any atom is -0.465 e. The minimum atomic E-state index is -1.25. The molecule has 2 atom stereocenters. The van der Waals surface area contributed by atoms with Gasteiger partial charge in [0.2, 0.25) is 5.91 Å². The van der Waals surface area contributed by atoms with Gasteiger partial charge in [0.1, 0.15) is 6.61 Å². The van der Waals surface area contributed by atoms with E-state index in [1.807, 2.05) is 30.3 Å². The van der Waals surface area contributed by atoms with Gasteiger partial charge in [0.15, 0.2) is 0 Å². The van der Waals surface area contributed by atoms with E-state index in [1.165, 1.54) is 0 Å². The number of hydrogen-bond acceptors (Lipinski definition) is 4. The lowest BCUT2D eigenvalue weighted by Crippen LogP contribution is -2.45. The number of rotatable bonds is 6. The fourth-order valence-corrected chi connectivity index (χ4v) is 3.29. The SMILES string of the molecule is O=C(O)NC[C@@H](C(=O)N1C(=O)OC[C@H]1Cc1ccccc1)c1ccc(Cl)cc1. The van der Waals surface area contributed by atoms with Crippen LogP contribution in [0.4, 0.5) is 9.59 Å². The lowest BCUT2D eigenvalue weighted by molar-refractivity contribution is -0.130. The summed E-state index contributed by atoms with van der Waals surface area (Å²) in [5.74, 6) is -1.39. The highest BCUT2D eigenvalue weighted by Crippen LogP contribution is 2.26. The van der Waals surface area contributed by atoms with E-state index in [9.17, 15) is 14.4 Å². The molecule has 0 radical (unpaired) electrons. The Morgan fingerprint density at radius 3 is 2.50 bits per heavy atom. The van der Waals surface area contributed by atoms with E-state index < -0.39 is 30.1 Å². The van der Waals surface area contributed by atoms with Crippen molar-refractivity contribution in [2.24, 2.45) is 0 Å². The van der Waals surface area contributed by atoms with Crippen LogP contribution >= 0.6 is 11.6 Å². The van der Waals surface area contributed by atoms with Crippen LogP contribution in [0.25, 0.3) is 0 Å². The molecule has 0 aliphatic carbocycles. The molecule has 1 saturated heterocycles. The number of carbonyl (C=O) groups is 3. The Hall–Kier alpha value is -3.06. The fraction of sp³-hybridized carbons (Fsp3) is 0.250. The molecule has 3 rings (SSSR count). The summed E-state index contributed by atoms with van der Waals surface area (Å²) in [4.78, 5) is 37.5. The van der Waals surface area contributed by atoms with Crippen molar-refractivity contribution in [2.75, 3.05) is 13.2 Å². The first-order valence-electron chi connectivity index (χ1n) is 8.71. The summed E-state index contributed by atoms with van der Waals surface area (Å²) in [6.45, 7) is -0.0726. The Labute approximate surface area is 166 Å². The van der Waals surface area contributed by atoms with Gasteiger partial charge in [-0.15, -0.1) is 0 Å². The van der Waals surface area contributed by atoms with Crippen LogP contribution in [0.2, 0.25) is 5.02 Å². The van der Waals surface area contributed by atoms with Gasteiger partial charge in [0, 0.05) is 11.6 Å². The van der Waals surface area contributed by atoms with Crippen molar-refractivity contribution in [1.29, 1.82) is 0 Å². The molecule has 1 fully saturated rings. The summed E-state index contributed by atoms with van der Waals surface area (Å²) >= 11 is 5.91. The standard InChI is InChI=1S/C20H19ClN2O5/c21-15-8-6-14(7-9-15)17(11-22-19(25)26)18(24)23-16(12-28-20(23)27)10-13-4-2-1-3-5-13/h1-9,16-17,22H,10-12H2,(H,25,26)/t16-,17-/m1/s1. The lowest BCUT2D eigenvalue weighted by Gasteiger charge is -2.25.